The third kappa shape index (κ3) is 4.53. The highest BCUT2D eigenvalue weighted by Crippen LogP contribution is 2.40. The van der Waals surface area contributed by atoms with Crippen molar-refractivity contribution in [3.05, 3.63) is 54.2 Å². The number of methoxy groups -OCH3 is 1. The van der Waals surface area contributed by atoms with Crippen LogP contribution in [-0.4, -0.2) is 70.1 Å². The summed E-state index contributed by atoms with van der Waals surface area (Å²) in [4.78, 5) is 6.05. The Morgan fingerprint density at radius 1 is 1.14 bits per heavy atom. The number of nitrogens with zero attached hydrogens (tertiary/aromatic N) is 5. The van der Waals surface area contributed by atoms with Gasteiger partial charge in [-0.05, 0) is 30.2 Å². The van der Waals surface area contributed by atoms with Crippen molar-refractivity contribution >= 4 is 16.6 Å². The second-order valence-corrected chi connectivity index (χ2v) is 8.51. The van der Waals surface area contributed by atoms with Crippen LogP contribution in [0.1, 0.15) is 18.0 Å². The van der Waals surface area contributed by atoms with Crippen molar-refractivity contribution in [1.29, 1.82) is 0 Å². The molecule has 1 N–H and O–H groups in total. The summed E-state index contributed by atoms with van der Waals surface area (Å²) in [5, 5.41) is 12.2. The molecule has 1 saturated heterocycles. The average molecular weight is 488 g/mol. The molecule has 184 valence electrons. The van der Waals surface area contributed by atoms with Crippen LogP contribution in [0.25, 0.3) is 28.1 Å². The molecule has 2 atom stereocenters. The number of benzene rings is 1. The number of ether oxygens (including phenoxy) is 1. The summed E-state index contributed by atoms with van der Waals surface area (Å²) in [6, 6.07) is 10.1. The van der Waals surface area contributed by atoms with Gasteiger partial charge in [0.05, 0.1) is 7.11 Å². The lowest BCUT2D eigenvalue weighted by molar-refractivity contribution is -0.184. The van der Waals surface area contributed by atoms with E-state index in [9.17, 15) is 17.6 Å². The first kappa shape index (κ1) is 23.4. The highest BCUT2D eigenvalue weighted by atomic mass is 19.4. The van der Waals surface area contributed by atoms with E-state index in [1.165, 1.54) is 27.6 Å². The van der Waals surface area contributed by atoms with E-state index in [-0.39, 0.29) is 31.2 Å². The van der Waals surface area contributed by atoms with E-state index >= 15 is 0 Å². The van der Waals surface area contributed by atoms with Crippen molar-refractivity contribution in [2.24, 2.45) is 0 Å². The first-order valence-corrected chi connectivity index (χ1v) is 11.3. The lowest BCUT2D eigenvalue weighted by Crippen LogP contribution is -2.40. The Kier molecular flexibility index (Phi) is 6.28. The summed E-state index contributed by atoms with van der Waals surface area (Å²) in [6.45, 7) is 0.0201. The molecule has 11 heteroatoms. The monoisotopic (exact) mass is 488 g/mol. The molecule has 0 radical (unpaired) electrons. The van der Waals surface area contributed by atoms with Crippen molar-refractivity contribution in [2.45, 2.75) is 24.7 Å². The number of nitrogens with one attached hydrogen (secondary N) is 1. The molecule has 1 aliphatic heterocycles. The van der Waals surface area contributed by atoms with Gasteiger partial charge in [0.1, 0.15) is 29.7 Å². The van der Waals surface area contributed by atoms with E-state index in [2.05, 4.69) is 20.5 Å². The highest BCUT2D eigenvalue weighted by Gasteiger charge is 2.46. The smallest absolute Gasteiger partial charge is 0.408 e. The fraction of sp³-hybridized carbons (Fsp3) is 0.375. The molecule has 35 heavy (non-hydrogen) atoms. The van der Waals surface area contributed by atoms with E-state index in [4.69, 9.17) is 4.74 Å². The van der Waals surface area contributed by atoms with E-state index < -0.39 is 18.9 Å². The number of hydrogen-bond donors (Lipinski definition) is 1. The fourth-order valence-corrected chi connectivity index (χ4v) is 4.71. The Morgan fingerprint density at radius 2 is 2.00 bits per heavy atom. The summed E-state index contributed by atoms with van der Waals surface area (Å²) in [5.74, 6) is 0.917. The van der Waals surface area contributed by atoms with E-state index in [1.54, 1.807) is 19.2 Å². The topological polar surface area (TPSA) is 67.6 Å². The minimum absolute atomic E-state index is 0.0792. The molecule has 0 spiro atoms. The van der Waals surface area contributed by atoms with Crippen molar-refractivity contribution < 1.29 is 22.3 Å². The second kappa shape index (κ2) is 9.38. The molecule has 1 aliphatic rings. The second-order valence-electron chi connectivity index (χ2n) is 8.51. The van der Waals surface area contributed by atoms with Crippen LogP contribution in [0.4, 0.5) is 17.6 Å². The number of rotatable bonds is 7. The Hall–Kier alpha value is -3.31. The zero-order chi connectivity index (χ0) is 24.6. The largest absolute Gasteiger partial charge is 0.494 e. The molecule has 5 rings (SSSR count). The third-order valence-corrected chi connectivity index (χ3v) is 6.30. The van der Waals surface area contributed by atoms with Gasteiger partial charge in [-0.25, -0.2) is 9.37 Å². The number of hydrogen-bond acceptors (Lipinski definition) is 6. The van der Waals surface area contributed by atoms with E-state index in [0.29, 0.717) is 34.9 Å². The van der Waals surface area contributed by atoms with Gasteiger partial charge < -0.3 is 10.1 Å². The summed E-state index contributed by atoms with van der Waals surface area (Å²) in [5.41, 5.74) is 1.58. The summed E-state index contributed by atoms with van der Waals surface area (Å²) < 4.78 is 62.2. The molecular weight excluding hydrogens is 464 g/mol. The van der Waals surface area contributed by atoms with Gasteiger partial charge in [0, 0.05) is 37.3 Å². The van der Waals surface area contributed by atoms with Gasteiger partial charge in [-0.15, -0.1) is 10.2 Å². The van der Waals surface area contributed by atoms with Gasteiger partial charge in [0.25, 0.3) is 0 Å². The Bertz CT molecular complexity index is 1340. The third-order valence-electron chi connectivity index (χ3n) is 6.30. The molecule has 1 aromatic carbocycles. The van der Waals surface area contributed by atoms with Gasteiger partial charge in [-0.1, -0.05) is 24.3 Å². The van der Waals surface area contributed by atoms with Gasteiger partial charge in [0.2, 0.25) is 0 Å². The maximum absolute atomic E-state index is 14.3. The van der Waals surface area contributed by atoms with Crippen LogP contribution in [0.2, 0.25) is 0 Å². The minimum Gasteiger partial charge on any atom is -0.494 e. The van der Waals surface area contributed by atoms with Crippen molar-refractivity contribution in [3.63, 3.8) is 0 Å². The van der Waals surface area contributed by atoms with Crippen molar-refractivity contribution in [3.8, 4) is 17.3 Å². The molecule has 4 aromatic rings. The quantitative estimate of drug-likeness (QED) is 0.394. The van der Waals surface area contributed by atoms with Gasteiger partial charge in [-0.2, -0.15) is 13.2 Å². The number of aromatic nitrogens is 4. The lowest BCUT2D eigenvalue weighted by atomic mass is 10.1. The molecule has 0 amide bonds. The molecule has 7 nitrogen and oxygen atoms in total. The Labute approximate surface area is 198 Å². The summed E-state index contributed by atoms with van der Waals surface area (Å²) >= 11 is 0. The molecule has 0 aliphatic carbocycles. The van der Waals surface area contributed by atoms with Crippen molar-refractivity contribution in [1.82, 2.24) is 29.8 Å². The van der Waals surface area contributed by atoms with Crippen LogP contribution < -0.4 is 10.1 Å². The molecule has 0 bridgehead atoms. The first-order chi connectivity index (χ1) is 16.9. The SMILES string of the molecule is COc1cccc2ccc(-c3nnc4ccc([C@@H](N5CCC(NCCF)C5)C(F)(F)F)cn34)nc12. The van der Waals surface area contributed by atoms with Crippen LogP contribution in [0.15, 0.2) is 48.7 Å². The highest BCUT2D eigenvalue weighted by molar-refractivity contribution is 5.86. The maximum Gasteiger partial charge on any atom is 0.408 e. The van der Waals surface area contributed by atoms with E-state index in [0.717, 1.165) is 5.39 Å². The zero-order valence-corrected chi connectivity index (χ0v) is 19.0. The predicted molar refractivity (Wildman–Crippen MR) is 123 cm³/mol. The average Bonchev–Trinajstić information content (AvgIpc) is 3.48. The van der Waals surface area contributed by atoms with Gasteiger partial charge in [-0.3, -0.25) is 9.30 Å². The van der Waals surface area contributed by atoms with Crippen molar-refractivity contribution in [2.75, 3.05) is 33.4 Å². The van der Waals surface area contributed by atoms with Gasteiger partial charge in [0.15, 0.2) is 11.5 Å². The number of fused-ring (bicyclic) bond motifs is 2. The molecular formula is C24H24F4N6O. The first-order valence-electron chi connectivity index (χ1n) is 11.3. The molecule has 4 heterocycles. The van der Waals surface area contributed by atoms with Crippen LogP contribution in [-0.2, 0) is 0 Å². The van der Waals surface area contributed by atoms with Crippen LogP contribution >= 0.6 is 0 Å². The fourth-order valence-electron chi connectivity index (χ4n) is 4.71. The molecule has 1 fully saturated rings. The van der Waals surface area contributed by atoms with Crippen LogP contribution in [0, 0.1) is 0 Å². The number of para-hydroxylation sites is 1. The number of likely N-dealkylation sites (tertiary alicyclic amines) is 1. The van der Waals surface area contributed by atoms with E-state index in [1.807, 2.05) is 18.2 Å². The van der Waals surface area contributed by atoms with Crippen LogP contribution in [0.5, 0.6) is 5.75 Å². The lowest BCUT2D eigenvalue weighted by Gasteiger charge is -2.30. The van der Waals surface area contributed by atoms with Gasteiger partial charge >= 0.3 is 6.18 Å². The molecule has 3 aromatic heterocycles. The normalized spacial score (nSPS) is 17.9. The number of halogens is 4. The Morgan fingerprint density at radius 3 is 2.77 bits per heavy atom. The summed E-state index contributed by atoms with van der Waals surface area (Å²) in [6.07, 6.45) is -2.54. The number of alkyl halides is 4. The van der Waals surface area contributed by atoms with Crippen LogP contribution in [0.3, 0.4) is 0 Å². The Balaban J connectivity index is 1.54. The predicted octanol–water partition coefficient (Wildman–Crippen LogP) is 4.19. The maximum atomic E-state index is 14.3. The molecule has 0 saturated carbocycles. The zero-order valence-electron chi connectivity index (χ0n) is 19.0. The molecule has 1 unspecified atom stereocenters. The number of pyridine rings is 2. The minimum atomic E-state index is -4.49. The summed E-state index contributed by atoms with van der Waals surface area (Å²) in [7, 11) is 1.55. The standard InChI is InChI=1S/C24H24F4N6O/c1-35-19-4-2-3-15-5-7-18(30-21(15)19)23-32-31-20-8-6-16(13-34(20)23)22(24(26,27)28)33-12-9-17(14-33)29-11-10-25/h2-8,13,17,22,29H,9-12,14H2,1H3/t17?,22-/m1/s1.